The van der Waals surface area contributed by atoms with Gasteiger partial charge >= 0.3 is 6.18 Å². The van der Waals surface area contributed by atoms with Crippen LogP contribution in [0.4, 0.5) is 18.9 Å². The van der Waals surface area contributed by atoms with E-state index >= 15 is 0 Å². The zero-order valence-corrected chi connectivity index (χ0v) is 8.90. The fourth-order valence-corrected chi connectivity index (χ4v) is 1.83. The Hall–Kier alpha value is -2.12. The highest BCUT2D eigenvalue weighted by atomic mass is 19.4. The summed E-state index contributed by atoms with van der Waals surface area (Å²) in [5.41, 5.74) is 0.0960. The van der Waals surface area contributed by atoms with E-state index in [1.165, 1.54) is 6.07 Å². The molecular weight excluding hydrogens is 253 g/mol. The lowest BCUT2D eigenvalue weighted by Gasteiger charge is -2.17. The van der Waals surface area contributed by atoms with E-state index in [1.807, 2.05) is 0 Å². The van der Waals surface area contributed by atoms with Crippen molar-refractivity contribution in [2.75, 3.05) is 6.54 Å². The van der Waals surface area contributed by atoms with Crippen LogP contribution in [-0.4, -0.2) is 28.5 Å². The second-order valence-electron chi connectivity index (χ2n) is 3.87. The quantitative estimate of drug-likeness (QED) is 0.604. The average Bonchev–Trinajstić information content (AvgIpc) is 2.53. The fraction of sp³-hybridized carbons (Fsp3) is 0.300. The van der Waals surface area contributed by atoms with E-state index in [-0.39, 0.29) is 23.4 Å². The predicted molar refractivity (Wildman–Crippen MR) is 53.9 cm³/mol. The normalized spacial score (nSPS) is 14.8. The number of benzene rings is 1. The third-order valence-electron chi connectivity index (χ3n) is 2.55. The molecule has 1 aliphatic heterocycles. The van der Waals surface area contributed by atoms with Crippen molar-refractivity contribution in [3.8, 4) is 0 Å². The Morgan fingerprint density at radius 1 is 1.39 bits per heavy atom. The van der Waals surface area contributed by atoms with E-state index in [0.717, 1.165) is 12.1 Å². The monoisotopic (exact) mass is 260 g/mol. The molecule has 18 heavy (non-hydrogen) atoms. The van der Waals surface area contributed by atoms with Gasteiger partial charge < -0.3 is 4.90 Å². The third-order valence-corrected chi connectivity index (χ3v) is 2.55. The first-order valence-electron chi connectivity index (χ1n) is 4.91. The zero-order valence-electron chi connectivity index (χ0n) is 8.90. The minimum absolute atomic E-state index is 0.0878. The van der Waals surface area contributed by atoms with Crippen molar-refractivity contribution in [1.29, 1.82) is 0 Å². The van der Waals surface area contributed by atoms with E-state index in [9.17, 15) is 28.1 Å². The highest BCUT2D eigenvalue weighted by molar-refractivity contribution is 5.98. The van der Waals surface area contributed by atoms with Crippen molar-refractivity contribution < 1.29 is 22.9 Å². The average molecular weight is 260 g/mol. The van der Waals surface area contributed by atoms with Gasteiger partial charge in [0.2, 0.25) is 0 Å². The van der Waals surface area contributed by atoms with Gasteiger partial charge in [0, 0.05) is 24.2 Å². The van der Waals surface area contributed by atoms with Gasteiger partial charge in [0.1, 0.15) is 6.54 Å². The SMILES string of the molecule is O=C1c2ccc([N+](=O)[O-])cc2CN1CC(F)(F)F. The Bertz CT molecular complexity index is 528. The van der Waals surface area contributed by atoms with Crippen molar-refractivity contribution in [3.63, 3.8) is 0 Å². The highest BCUT2D eigenvalue weighted by Gasteiger charge is 2.37. The molecule has 5 nitrogen and oxygen atoms in total. The molecular formula is C10H7F3N2O3. The maximum atomic E-state index is 12.2. The van der Waals surface area contributed by atoms with Crippen LogP contribution in [0.25, 0.3) is 0 Å². The molecule has 96 valence electrons. The summed E-state index contributed by atoms with van der Waals surface area (Å²) in [7, 11) is 0. The highest BCUT2D eigenvalue weighted by Crippen LogP contribution is 2.29. The van der Waals surface area contributed by atoms with E-state index in [4.69, 9.17) is 0 Å². The lowest BCUT2D eigenvalue weighted by molar-refractivity contribution is -0.384. The van der Waals surface area contributed by atoms with Crippen LogP contribution >= 0.6 is 0 Å². The molecule has 0 aliphatic carbocycles. The maximum Gasteiger partial charge on any atom is 0.406 e. The van der Waals surface area contributed by atoms with Crippen LogP contribution in [-0.2, 0) is 6.54 Å². The molecule has 0 saturated carbocycles. The summed E-state index contributed by atoms with van der Waals surface area (Å²) in [6, 6.07) is 3.42. The van der Waals surface area contributed by atoms with Gasteiger partial charge in [-0.25, -0.2) is 0 Å². The molecule has 0 fully saturated rings. The number of nitro groups is 1. The summed E-state index contributed by atoms with van der Waals surface area (Å²) >= 11 is 0. The molecule has 0 atom stereocenters. The van der Waals surface area contributed by atoms with Gasteiger partial charge in [-0.15, -0.1) is 0 Å². The van der Waals surface area contributed by atoms with Crippen molar-refractivity contribution in [2.45, 2.75) is 12.7 Å². The smallest absolute Gasteiger partial charge is 0.325 e. The molecule has 0 unspecified atom stereocenters. The number of amides is 1. The van der Waals surface area contributed by atoms with Gasteiger partial charge in [0.15, 0.2) is 0 Å². The van der Waals surface area contributed by atoms with E-state index in [2.05, 4.69) is 0 Å². The number of fused-ring (bicyclic) bond motifs is 1. The van der Waals surface area contributed by atoms with Crippen molar-refractivity contribution in [3.05, 3.63) is 39.4 Å². The largest absolute Gasteiger partial charge is 0.406 e. The van der Waals surface area contributed by atoms with Gasteiger partial charge in [-0.05, 0) is 11.6 Å². The molecule has 1 aromatic rings. The summed E-state index contributed by atoms with van der Waals surface area (Å²) in [6.45, 7) is -1.61. The van der Waals surface area contributed by atoms with Crippen LogP contribution in [0.15, 0.2) is 18.2 Å². The van der Waals surface area contributed by atoms with E-state index < -0.39 is 23.6 Å². The number of nitrogens with zero attached hydrogens (tertiary/aromatic N) is 2. The van der Waals surface area contributed by atoms with Crippen molar-refractivity contribution in [1.82, 2.24) is 4.90 Å². The van der Waals surface area contributed by atoms with E-state index in [0.29, 0.717) is 4.90 Å². The number of hydrogen-bond acceptors (Lipinski definition) is 3. The number of rotatable bonds is 2. The summed E-state index contributed by atoms with van der Waals surface area (Å²) < 4.78 is 36.6. The van der Waals surface area contributed by atoms with Crippen molar-refractivity contribution >= 4 is 11.6 Å². The molecule has 0 N–H and O–H groups in total. The van der Waals surface area contributed by atoms with Crippen LogP contribution in [0.3, 0.4) is 0 Å². The number of nitro benzene ring substituents is 1. The molecule has 1 heterocycles. The number of carbonyl (C=O) groups excluding carboxylic acids is 1. The molecule has 2 rings (SSSR count). The summed E-state index contributed by atoms with van der Waals surface area (Å²) in [5, 5.41) is 10.5. The standard InChI is InChI=1S/C10H7F3N2O3/c11-10(12,13)5-14-4-6-3-7(15(17)18)1-2-8(6)9(14)16/h1-3H,4-5H2. The minimum atomic E-state index is -4.48. The third kappa shape index (κ3) is 2.27. The van der Waals surface area contributed by atoms with Crippen molar-refractivity contribution in [2.24, 2.45) is 0 Å². The summed E-state index contributed by atoms with van der Waals surface area (Å²) in [4.78, 5) is 22.1. The molecule has 0 aromatic heterocycles. The van der Waals surface area contributed by atoms with E-state index in [1.54, 1.807) is 0 Å². The Morgan fingerprint density at radius 2 is 2.06 bits per heavy atom. The minimum Gasteiger partial charge on any atom is -0.325 e. The van der Waals surface area contributed by atoms with Gasteiger partial charge in [-0.3, -0.25) is 14.9 Å². The van der Waals surface area contributed by atoms with Crippen LogP contribution in [0.1, 0.15) is 15.9 Å². The summed E-state index contributed by atoms with van der Waals surface area (Å²) in [6.07, 6.45) is -4.48. The lowest BCUT2D eigenvalue weighted by Crippen LogP contribution is -2.34. The maximum absolute atomic E-state index is 12.2. The second kappa shape index (κ2) is 3.97. The first kappa shape index (κ1) is 12.3. The summed E-state index contributed by atoms with van der Waals surface area (Å²) in [5.74, 6) is -0.753. The van der Waals surface area contributed by atoms with Crippen LogP contribution in [0.5, 0.6) is 0 Å². The Morgan fingerprint density at radius 3 is 2.61 bits per heavy atom. The predicted octanol–water partition coefficient (Wildman–Crippen LogP) is 2.11. The van der Waals surface area contributed by atoms with Gasteiger partial charge in [-0.2, -0.15) is 13.2 Å². The van der Waals surface area contributed by atoms with Gasteiger partial charge in [0.25, 0.3) is 11.6 Å². The van der Waals surface area contributed by atoms with Crippen LogP contribution < -0.4 is 0 Å². The second-order valence-corrected chi connectivity index (χ2v) is 3.87. The Kier molecular flexibility index (Phi) is 2.72. The first-order valence-corrected chi connectivity index (χ1v) is 4.91. The molecule has 1 amide bonds. The fourth-order valence-electron chi connectivity index (χ4n) is 1.83. The van der Waals surface area contributed by atoms with Crippen LogP contribution in [0, 0.1) is 10.1 Å². The number of alkyl halides is 3. The Balaban J connectivity index is 2.27. The lowest BCUT2D eigenvalue weighted by atomic mass is 10.1. The zero-order chi connectivity index (χ0) is 13.5. The van der Waals surface area contributed by atoms with Gasteiger partial charge in [-0.1, -0.05) is 0 Å². The molecule has 8 heteroatoms. The molecule has 0 spiro atoms. The number of carbonyl (C=O) groups is 1. The molecule has 1 aromatic carbocycles. The Labute approximate surface area is 99.0 Å². The topological polar surface area (TPSA) is 63.4 Å². The van der Waals surface area contributed by atoms with Crippen LogP contribution in [0.2, 0.25) is 0 Å². The molecule has 0 radical (unpaired) electrons. The number of halogens is 3. The van der Waals surface area contributed by atoms with Gasteiger partial charge in [0.05, 0.1) is 4.92 Å². The number of non-ortho nitro benzene ring substituents is 1. The molecule has 0 bridgehead atoms. The molecule has 0 saturated heterocycles. The molecule has 1 aliphatic rings. The first-order chi connectivity index (χ1) is 8.28. The number of hydrogen-bond donors (Lipinski definition) is 0.